The van der Waals surface area contributed by atoms with Crippen molar-refractivity contribution in [3.63, 3.8) is 0 Å². The lowest BCUT2D eigenvalue weighted by atomic mass is 10.2. The predicted octanol–water partition coefficient (Wildman–Crippen LogP) is 5.00. The molecule has 1 aliphatic heterocycles. The number of rotatable bonds is 8. The van der Waals surface area contributed by atoms with Crippen LogP contribution in [0, 0.1) is 9.39 Å². The van der Waals surface area contributed by atoms with Gasteiger partial charge < -0.3 is 14.2 Å². The zero-order valence-electron chi connectivity index (χ0n) is 18.3. The van der Waals surface area contributed by atoms with Crippen LogP contribution in [0.5, 0.6) is 11.5 Å². The number of esters is 1. The molecule has 1 fully saturated rings. The van der Waals surface area contributed by atoms with Gasteiger partial charge in [0.05, 0.1) is 27.9 Å². The monoisotopic (exact) mass is 584 g/mol. The number of likely N-dealkylation sites (N-methyl/N-ethyl adjacent to an activating group) is 1. The minimum Gasteiger partial charge on any atom is -0.493 e. The molecule has 33 heavy (non-hydrogen) atoms. The summed E-state index contributed by atoms with van der Waals surface area (Å²) in [6, 6.07) is 9.34. The third-order valence-corrected chi connectivity index (χ3v) is 6.25. The van der Waals surface area contributed by atoms with Crippen LogP contribution in [0.2, 0.25) is 0 Å². The van der Waals surface area contributed by atoms with E-state index in [-0.39, 0.29) is 24.9 Å². The van der Waals surface area contributed by atoms with Crippen molar-refractivity contribution in [2.75, 3.05) is 26.9 Å². The number of benzene rings is 2. The number of amidine groups is 1. The van der Waals surface area contributed by atoms with Crippen molar-refractivity contribution in [1.82, 2.24) is 4.90 Å². The van der Waals surface area contributed by atoms with Gasteiger partial charge in [-0.1, -0.05) is 0 Å². The number of ether oxygens (including phenoxy) is 3. The zero-order chi connectivity index (χ0) is 24.0. The predicted molar refractivity (Wildman–Crippen MR) is 134 cm³/mol. The van der Waals surface area contributed by atoms with Gasteiger partial charge in [0.2, 0.25) is 0 Å². The van der Waals surface area contributed by atoms with Crippen LogP contribution in [-0.2, 0) is 14.3 Å². The number of halogens is 2. The first kappa shape index (κ1) is 25.0. The topological polar surface area (TPSA) is 77.4 Å². The summed E-state index contributed by atoms with van der Waals surface area (Å²) in [5.74, 6) is -0.129. The highest BCUT2D eigenvalue weighted by atomic mass is 127. The summed E-state index contributed by atoms with van der Waals surface area (Å²) in [4.78, 5) is 31.1. The fraction of sp³-hybridized carbons (Fsp3) is 0.261. The maximum atomic E-state index is 13.2. The van der Waals surface area contributed by atoms with Gasteiger partial charge in [-0.05, 0) is 96.2 Å². The highest BCUT2D eigenvalue weighted by molar-refractivity contribution is 14.1. The molecule has 0 radical (unpaired) electrons. The van der Waals surface area contributed by atoms with Crippen LogP contribution in [0.25, 0.3) is 6.08 Å². The van der Waals surface area contributed by atoms with E-state index in [0.717, 1.165) is 5.56 Å². The fourth-order valence-electron chi connectivity index (χ4n) is 2.94. The number of nitrogens with zero attached hydrogens (tertiary/aromatic N) is 2. The molecule has 2 aromatic carbocycles. The van der Waals surface area contributed by atoms with Gasteiger partial charge in [0.25, 0.3) is 5.91 Å². The Morgan fingerprint density at radius 2 is 1.97 bits per heavy atom. The smallest absolute Gasteiger partial charge is 0.344 e. The first-order chi connectivity index (χ1) is 15.9. The molecule has 1 heterocycles. The Kier molecular flexibility index (Phi) is 8.73. The summed E-state index contributed by atoms with van der Waals surface area (Å²) in [5.41, 5.74) is 1.29. The van der Waals surface area contributed by atoms with Crippen LogP contribution in [0.3, 0.4) is 0 Å². The average molecular weight is 584 g/mol. The minimum atomic E-state index is -0.470. The zero-order valence-corrected chi connectivity index (χ0v) is 21.2. The molecule has 0 atom stereocenters. The van der Waals surface area contributed by atoms with Crippen molar-refractivity contribution < 1.29 is 28.2 Å². The molecule has 0 bridgehead atoms. The number of amides is 1. The number of thioether (sulfide) groups is 1. The molecular weight excluding hydrogens is 562 g/mol. The van der Waals surface area contributed by atoms with E-state index in [0.29, 0.717) is 37.4 Å². The van der Waals surface area contributed by atoms with E-state index in [1.807, 2.05) is 13.0 Å². The Hall–Kier alpha value is -2.60. The molecule has 0 unspecified atom stereocenters. The molecule has 1 saturated heterocycles. The average Bonchev–Trinajstić information content (AvgIpc) is 3.08. The standard InChI is InChI=1S/C23H22FIN2O5S/c1-4-27-22(29)19(33-23(27)26-16-8-6-15(24)7-9-16)12-14-10-17(25)21(18(11-14)30-3)32-13-20(28)31-5-2/h6-12H,4-5,13H2,1-3H3/b19-12+,26-23?. The largest absolute Gasteiger partial charge is 0.493 e. The Morgan fingerprint density at radius 1 is 1.24 bits per heavy atom. The van der Waals surface area contributed by atoms with Gasteiger partial charge in [-0.2, -0.15) is 0 Å². The van der Waals surface area contributed by atoms with Gasteiger partial charge in [0.1, 0.15) is 5.82 Å². The Bertz CT molecular complexity index is 1100. The van der Waals surface area contributed by atoms with Crippen molar-refractivity contribution in [3.05, 3.63) is 56.3 Å². The van der Waals surface area contributed by atoms with Crippen molar-refractivity contribution in [2.24, 2.45) is 4.99 Å². The lowest BCUT2D eigenvalue weighted by molar-refractivity contribution is -0.145. The third kappa shape index (κ3) is 6.26. The maximum absolute atomic E-state index is 13.2. The minimum absolute atomic E-state index is 0.167. The van der Waals surface area contributed by atoms with Gasteiger partial charge in [-0.3, -0.25) is 9.69 Å². The molecule has 3 rings (SSSR count). The first-order valence-corrected chi connectivity index (χ1v) is 12.0. The lowest BCUT2D eigenvalue weighted by Gasteiger charge is -2.13. The van der Waals surface area contributed by atoms with Gasteiger partial charge >= 0.3 is 5.97 Å². The SMILES string of the molecule is CCOC(=O)COc1c(I)cc(/C=C2/SC(=Nc3ccc(F)cc3)N(CC)C2=O)cc1OC. The number of methoxy groups -OCH3 is 1. The summed E-state index contributed by atoms with van der Waals surface area (Å²) in [5, 5.41) is 0.524. The summed E-state index contributed by atoms with van der Waals surface area (Å²) in [7, 11) is 1.50. The highest BCUT2D eigenvalue weighted by Crippen LogP contribution is 2.38. The van der Waals surface area contributed by atoms with Crippen LogP contribution >= 0.6 is 34.4 Å². The van der Waals surface area contributed by atoms with E-state index in [4.69, 9.17) is 14.2 Å². The highest BCUT2D eigenvalue weighted by Gasteiger charge is 2.32. The molecule has 1 aliphatic rings. The van der Waals surface area contributed by atoms with E-state index < -0.39 is 5.97 Å². The Balaban J connectivity index is 1.87. The van der Waals surface area contributed by atoms with Crippen LogP contribution in [0.4, 0.5) is 10.1 Å². The van der Waals surface area contributed by atoms with Gasteiger partial charge in [0, 0.05) is 6.54 Å². The quantitative estimate of drug-likeness (QED) is 0.247. The number of hydrogen-bond acceptors (Lipinski definition) is 7. The number of aliphatic imine (C=N–C) groups is 1. The van der Waals surface area contributed by atoms with Gasteiger partial charge in [0.15, 0.2) is 23.3 Å². The second kappa shape index (κ2) is 11.5. The first-order valence-electron chi connectivity index (χ1n) is 10.1. The van der Waals surface area contributed by atoms with E-state index in [1.54, 1.807) is 36.1 Å². The molecule has 10 heteroatoms. The molecule has 0 N–H and O–H groups in total. The third-order valence-electron chi connectivity index (χ3n) is 4.44. The van der Waals surface area contributed by atoms with Gasteiger partial charge in [-0.15, -0.1) is 0 Å². The van der Waals surface area contributed by atoms with Crippen LogP contribution in [0.15, 0.2) is 46.3 Å². The summed E-state index contributed by atoms with van der Waals surface area (Å²) >= 11 is 3.33. The second-order valence-electron chi connectivity index (χ2n) is 6.66. The van der Waals surface area contributed by atoms with Crippen LogP contribution in [-0.4, -0.2) is 48.8 Å². The maximum Gasteiger partial charge on any atom is 0.344 e. The van der Waals surface area contributed by atoms with Crippen molar-refractivity contribution in [1.29, 1.82) is 0 Å². The lowest BCUT2D eigenvalue weighted by Crippen LogP contribution is -2.28. The van der Waals surface area contributed by atoms with E-state index in [2.05, 4.69) is 27.6 Å². The van der Waals surface area contributed by atoms with Crippen molar-refractivity contribution >= 4 is 63.2 Å². The molecule has 2 aromatic rings. The number of carbonyl (C=O) groups is 2. The molecule has 1 amide bonds. The normalized spacial score (nSPS) is 15.9. The van der Waals surface area contributed by atoms with E-state index in [9.17, 15) is 14.0 Å². The Labute approximate surface area is 209 Å². The number of hydrogen-bond donors (Lipinski definition) is 0. The van der Waals surface area contributed by atoms with E-state index in [1.165, 1.54) is 31.0 Å². The van der Waals surface area contributed by atoms with Crippen molar-refractivity contribution in [3.8, 4) is 11.5 Å². The Morgan fingerprint density at radius 3 is 2.61 bits per heavy atom. The molecule has 0 aliphatic carbocycles. The molecule has 0 saturated carbocycles. The fourth-order valence-corrected chi connectivity index (χ4v) is 4.79. The molecule has 0 spiro atoms. The van der Waals surface area contributed by atoms with Gasteiger partial charge in [-0.25, -0.2) is 14.2 Å². The molecule has 0 aromatic heterocycles. The summed E-state index contributed by atoms with van der Waals surface area (Å²) in [6.45, 7) is 4.08. The second-order valence-corrected chi connectivity index (χ2v) is 8.83. The molecule has 174 valence electrons. The van der Waals surface area contributed by atoms with Crippen LogP contribution < -0.4 is 9.47 Å². The summed E-state index contributed by atoms with van der Waals surface area (Å²) in [6.07, 6.45) is 1.75. The van der Waals surface area contributed by atoms with Crippen molar-refractivity contribution in [2.45, 2.75) is 13.8 Å². The van der Waals surface area contributed by atoms with E-state index >= 15 is 0 Å². The number of carbonyl (C=O) groups excluding carboxylic acids is 2. The summed E-state index contributed by atoms with van der Waals surface area (Å²) < 4.78 is 29.8. The molecular formula is C23H22FIN2O5S. The van der Waals surface area contributed by atoms with Crippen LogP contribution in [0.1, 0.15) is 19.4 Å². The molecule has 7 nitrogen and oxygen atoms in total.